The van der Waals surface area contributed by atoms with Gasteiger partial charge in [-0.3, -0.25) is 9.78 Å². The van der Waals surface area contributed by atoms with E-state index in [0.717, 1.165) is 16.5 Å². The molecule has 0 saturated carbocycles. The molecule has 1 aromatic carbocycles. The van der Waals surface area contributed by atoms with Crippen molar-refractivity contribution in [2.75, 3.05) is 6.54 Å². The van der Waals surface area contributed by atoms with Crippen LogP contribution >= 0.6 is 11.6 Å². The molecule has 0 aliphatic carbocycles. The summed E-state index contributed by atoms with van der Waals surface area (Å²) in [5, 5.41) is 4.20. The van der Waals surface area contributed by atoms with Gasteiger partial charge in [-0.2, -0.15) is 0 Å². The highest BCUT2D eigenvalue weighted by molar-refractivity contribution is 6.35. The van der Waals surface area contributed by atoms with Gasteiger partial charge in [0.1, 0.15) is 0 Å². The van der Waals surface area contributed by atoms with Crippen molar-refractivity contribution in [2.24, 2.45) is 0 Å². The van der Waals surface area contributed by atoms with Crippen molar-refractivity contribution >= 4 is 28.4 Å². The Bertz CT molecular complexity index is 656. The van der Waals surface area contributed by atoms with Gasteiger partial charge in [-0.25, -0.2) is 0 Å². The lowest BCUT2D eigenvalue weighted by atomic mass is 10.1. The molecule has 0 aliphatic heterocycles. The van der Waals surface area contributed by atoms with Crippen LogP contribution in [0.25, 0.3) is 10.9 Å². The second-order valence-corrected chi connectivity index (χ2v) is 4.14. The average Bonchev–Trinajstić information content (AvgIpc) is 2.35. The molecule has 4 heteroatoms. The summed E-state index contributed by atoms with van der Waals surface area (Å²) in [6, 6.07) is 7.41. The monoisotopic (exact) mass is 258 g/mol. The van der Waals surface area contributed by atoms with Crippen molar-refractivity contribution in [3.05, 3.63) is 41.0 Å². The molecule has 0 atom stereocenters. The highest BCUT2D eigenvalue weighted by Crippen LogP contribution is 2.21. The molecule has 2 rings (SSSR count). The fourth-order valence-electron chi connectivity index (χ4n) is 1.51. The standard InChI is InChI=1S/C14H11ClN2O/c1-10(18)16-7-2-3-11-4-5-12-13(15)6-8-17-14(12)9-11/h4-6,8-9H,7H2,1H3,(H,16,18). The first kappa shape index (κ1) is 12.4. The second kappa shape index (κ2) is 5.52. The molecular weight excluding hydrogens is 248 g/mol. The van der Waals surface area contributed by atoms with Crippen molar-refractivity contribution in [1.29, 1.82) is 0 Å². The molecule has 0 spiro atoms. The Kier molecular flexibility index (Phi) is 3.81. The Labute approximate surface area is 110 Å². The Balaban J connectivity index is 2.23. The summed E-state index contributed by atoms with van der Waals surface area (Å²) in [7, 11) is 0. The first-order valence-electron chi connectivity index (χ1n) is 5.44. The van der Waals surface area contributed by atoms with Crippen LogP contribution < -0.4 is 5.32 Å². The predicted octanol–water partition coefficient (Wildman–Crippen LogP) is 2.38. The van der Waals surface area contributed by atoms with Gasteiger partial charge in [0.2, 0.25) is 5.91 Å². The zero-order chi connectivity index (χ0) is 13.0. The summed E-state index contributed by atoms with van der Waals surface area (Å²) in [4.78, 5) is 14.9. The largest absolute Gasteiger partial charge is 0.345 e. The van der Waals surface area contributed by atoms with Gasteiger partial charge < -0.3 is 5.32 Å². The Morgan fingerprint density at radius 3 is 3.06 bits per heavy atom. The van der Waals surface area contributed by atoms with E-state index in [1.807, 2.05) is 18.2 Å². The number of nitrogens with one attached hydrogen (secondary N) is 1. The van der Waals surface area contributed by atoms with Crippen molar-refractivity contribution < 1.29 is 4.79 Å². The number of nitrogens with zero attached hydrogens (tertiary/aromatic N) is 1. The molecule has 0 radical (unpaired) electrons. The van der Waals surface area contributed by atoms with E-state index in [0.29, 0.717) is 11.6 Å². The molecule has 90 valence electrons. The van der Waals surface area contributed by atoms with Gasteiger partial charge in [-0.05, 0) is 18.2 Å². The minimum Gasteiger partial charge on any atom is -0.345 e. The van der Waals surface area contributed by atoms with Crippen LogP contribution in [0, 0.1) is 11.8 Å². The summed E-state index contributed by atoms with van der Waals surface area (Å²) in [6.45, 7) is 1.81. The lowest BCUT2D eigenvalue weighted by molar-refractivity contribution is -0.118. The van der Waals surface area contributed by atoms with Gasteiger partial charge >= 0.3 is 0 Å². The summed E-state index contributed by atoms with van der Waals surface area (Å²) in [5.41, 5.74) is 1.66. The summed E-state index contributed by atoms with van der Waals surface area (Å²) < 4.78 is 0. The smallest absolute Gasteiger partial charge is 0.217 e. The topological polar surface area (TPSA) is 42.0 Å². The Hall–Kier alpha value is -2.05. The fourth-order valence-corrected chi connectivity index (χ4v) is 1.72. The lowest BCUT2D eigenvalue weighted by Crippen LogP contribution is -2.19. The third-order valence-electron chi connectivity index (χ3n) is 2.35. The van der Waals surface area contributed by atoms with E-state index in [2.05, 4.69) is 22.1 Å². The van der Waals surface area contributed by atoms with E-state index in [4.69, 9.17) is 11.6 Å². The van der Waals surface area contributed by atoms with E-state index in [-0.39, 0.29) is 5.91 Å². The van der Waals surface area contributed by atoms with E-state index in [9.17, 15) is 4.79 Å². The number of pyridine rings is 1. The van der Waals surface area contributed by atoms with Crippen LogP contribution in [-0.4, -0.2) is 17.4 Å². The van der Waals surface area contributed by atoms with Gasteiger partial charge in [0.25, 0.3) is 0 Å². The zero-order valence-corrected chi connectivity index (χ0v) is 10.6. The van der Waals surface area contributed by atoms with Gasteiger partial charge in [-0.1, -0.05) is 29.5 Å². The van der Waals surface area contributed by atoms with Crippen molar-refractivity contribution in [2.45, 2.75) is 6.92 Å². The van der Waals surface area contributed by atoms with Gasteiger partial charge in [0.05, 0.1) is 17.1 Å². The quantitative estimate of drug-likeness (QED) is 0.798. The Morgan fingerprint density at radius 1 is 1.44 bits per heavy atom. The molecule has 3 nitrogen and oxygen atoms in total. The van der Waals surface area contributed by atoms with Gasteiger partial charge in [-0.15, -0.1) is 0 Å². The van der Waals surface area contributed by atoms with E-state index < -0.39 is 0 Å². The van der Waals surface area contributed by atoms with Crippen LogP contribution in [0.2, 0.25) is 5.02 Å². The Morgan fingerprint density at radius 2 is 2.28 bits per heavy atom. The third-order valence-corrected chi connectivity index (χ3v) is 2.68. The summed E-state index contributed by atoms with van der Waals surface area (Å²) >= 11 is 6.05. The lowest BCUT2D eigenvalue weighted by Gasteiger charge is -1.99. The number of hydrogen-bond donors (Lipinski definition) is 1. The molecule has 2 aromatic rings. The van der Waals surface area contributed by atoms with Crippen LogP contribution in [0.4, 0.5) is 0 Å². The molecule has 18 heavy (non-hydrogen) atoms. The number of rotatable bonds is 1. The average molecular weight is 259 g/mol. The molecule has 0 bridgehead atoms. The van der Waals surface area contributed by atoms with Crippen LogP contribution in [0.3, 0.4) is 0 Å². The number of amides is 1. The summed E-state index contributed by atoms with van der Waals surface area (Å²) in [5.74, 6) is 5.75. The normalized spacial score (nSPS) is 9.67. The van der Waals surface area contributed by atoms with Crippen LogP contribution in [-0.2, 0) is 4.79 Å². The second-order valence-electron chi connectivity index (χ2n) is 3.74. The van der Waals surface area contributed by atoms with E-state index >= 15 is 0 Å². The molecule has 1 aromatic heterocycles. The summed E-state index contributed by atoms with van der Waals surface area (Å²) in [6.07, 6.45) is 1.67. The first-order chi connectivity index (χ1) is 8.66. The predicted molar refractivity (Wildman–Crippen MR) is 72.3 cm³/mol. The molecule has 1 heterocycles. The number of carbonyl (C=O) groups excluding carboxylic acids is 1. The number of halogens is 1. The highest BCUT2D eigenvalue weighted by atomic mass is 35.5. The minimum atomic E-state index is -0.0868. The molecular formula is C14H11ClN2O. The minimum absolute atomic E-state index is 0.0868. The molecule has 0 fully saturated rings. The molecule has 0 saturated heterocycles. The number of hydrogen-bond acceptors (Lipinski definition) is 2. The number of fused-ring (bicyclic) bond motifs is 1. The molecule has 1 N–H and O–H groups in total. The third kappa shape index (κ3) is 2.99. The van der Waals surface area contributed by atoms with E-state index in [1.165, 1.54) is 6.92 Å². The molecule has 0 unspecified atom stereocenters. The van der Waals surface area contributed by atoms with Crippen molar-refractivity contribution in [3.63, 3.8) is 0 Å². The van der Waals surface area contributed by atoms with Crippen molar-refractivity contribution in [1.82, 2.24) is 10.3 Å². The zero-order valence-electron chi connectivity index (χ0n) is 9.83. The van der Waals surface area contributed by atoms with Crippen LogP contribution in [0.15, 0.2) is 30.5 Å². The van der Waals surface area contributed by atoms with E-state index in [1.54, 1.807) is 12.3 Å². The number of carbonyl (C=O) groups is 1. The van der Waals surface area contributed by atoms with Crippen molar-refractivity contribution in [3.8, 4) is 11.8 Å². The molecule has 1 amide bonds. The van der Waals surface area contributed by atoms with Crippen LogP contribution in [0.5, 0.6) is 0 Å². The van der Waals surface area contributed by atoms with Gasteiger partial charge in [0, 0.05) is 24.1 Å². The maximum atomic E-state index is 10.7. The number of benzene rings is 1. The number of aromatic nitrogens is 1. The maximum absolute atomic E-state index is 10.7. The first-order valence-corrected chi connectivity index (χ1v) is 5.82. The van der Waals surface area contributed by atoms with Crippen LogP contribution in [0.1, 0.15) is 12.5 Å². The SMILES string of the molecule is CC(=O)NCC#Cc1ccc2c(Cl)ccnc2c1. The maximum Gasteiger partial charge on any atom is 0.217 e. The highest BCUT2D eigenvalue weighted by Gasteiger charge is 1.99. The van der Waals surface area contributed by atoms with Gasteiger partial charge in [0.15, 0.2) is 0 Å². The fraction of sp³-hybridized carbons (Fsp3) is 0.143. The molecule has 0 aliphatic rings.